The first kappa shape index (κ1) is 18.3. The fourth-order valence-electron chi connectivity index (χ4n) is 3.17. The fraction of sp³-hybridized carbons (Fsp3) is 0.611. The molecule has 1 saturated carbocycles. The van der Waals surface area contributed by atoms with Crippen molar-refractivity contribution in [2.75, 3.05) is 20.6 Å². The van der Waals surface area contributed by atoms with Crippen LogP contribution in [-0.2, 0) is 4.79 Å². The van der Waals surface area contributed by atoms with Crippen LogP contribution in [0.1, 0.15) is 32.6 Å². The van der Waals surface area contributed by atoms with Crippen LogP contribution in [0.5, 0.6) is 5.75 Å². The third kappa shape index (κ3) is 5.50. The number of para-hydroxylation sites is 1. The Morgan fingerprint density at radius 2 is 2.04 bits per heavy atom. The Morgan fingerprint density at radius 3 is 2.74 bits per heavy atom. The zero-order valence-corrected chi connectivity index (χ0v) is 15.8. The summed E-state index contributed by atoms with van der Waals surface area (Å²) in [5, 5.41) is 3.21. The normalized spacial score (nSPS) is 22.7. The van der Waals surface area contributed by atoms with Crippen molar-refractivity contribution < 1.29 is 9.53 Å². The molecule has 1 aliphatic carbocycles. The minimum Gasteiger partial charge on any atom is -0.480 e. The molecule has 1 aliphatic rings. The van der Waals surface area contributed by atoms with Crippen molar-refractivity contribution in [1.29, 1.82) is 0 Å². The molecule has 3 atom stereocenters. The maximum absolute atomic E-state index is 12.5. The summed E-state index contributed by atoms with van der Waals surface area (Å²) >= 11 is 3.45. The Kier molecular flexibility index (Phi) is 6.90. The van der Waals surface area contributed by atoms with E-state index in [1.54, 1.807) is 6.92 Å². The zero-order valence-electron chi connectivity index (χ0n) is 14.2. The summed E-state index contributed by atoms with van der Waals surface area (Å²) in [6, 6.07) is 7.86. The average Bonchev–Trinajstić information content (AvgIpc) is 2.51. The van der Waals surface area contributed by atoms with Crippen molar-refractivity contribution in [1.82, 2.24) is 10.2 Å². The van der Waals surface area contributed by atoms with Crippen LogP contribution >= 0.6 is 15.9 Å². The van der Waals surface area contributed by atoms with Crippen LogP contribution in [0.15, 0.2) is 28.7 Å². The van der Waals surface area contributed by atoms with E-state index < -0.39 is 6.10 Å². The van der Waals surface area contributed by atoms with Crippen molar-refractivity contribution in [3.05, 3.63) is 28.7 Å². The van der Waals surface area contributed by atoms with E-state index in [0.717, 1.165) is 17.4 Å². The average molecular weight is 383 g/mol. The molecule has 0 aliphatic heterocycles. The van der Waals surface area contributed by atoms with Gasteiger partial charge in [-0.3, -0.25) is 4.79 Å². The van der Waals surface area contributed by atoms with E-state index in [0.29, 0.717) is 11.7 Å². The summed E-state index contributed by atoms with van der Waals surface area (Å²) < 4.78 is 6.66. The molecule has 0 spiro atoms. The van der Waals surface area contributed by atoms with E-state index in [1.165, 1.54) is 19.3 Å². The minimum atomic E-state index is -0.504. The fourth-order valence-corrected chi connectivity index (χ4v) is 3.55. The Bertz CT molecular complexity index is 521. The third-order valence-electron chi connectivity index (χ3n) is 4.35. The number of rotatable bonds is 6. The molecule has 2 rings (SSSR count). The molecule has 1 fully saturated rings. The third-order valence-corrected chi connectivity index (χ3v) is 5.00. The van der Waals surface area contributed by atoms with Gasteiger partial charge in [0.05, 0.1) is 4.47 Å². The quantitative estimate of drug-likeness (QED) is 0.818. The monoisotopic (exact) mass is 382 g/mol. The maximum atomic E-state index is 12.5. The highest BCUT2D eigenvalue weighted by Gasteiger charge is 2.28. The molecular weight excluding hydrogens is 356 g/mol. The predicted molar refractivity (Wildman–Crippen MR) is 96.7 cm³/mol. The standard InChI is InChI=1S/C18H27BrN2O2/c1-13(23-17-11-7-5-9-15(17)19)18(22)20-16-10-6-4-8-14(16)12-21(2)3/h5,7,9,11,13-14,16H,4,6,8,10,12H2,1-3H3,(H,20,22). The molecule has 3 unspecified atom stereocenters. The molecule has 0 heterocycles. The molecule has 1 amide bonds. The van der Waals surface area contributed by atoms with E-state index in [2.05, 4.69) is 40.2 Å². The van der Waals surface area contributed by atoms with E-state index in [1.807, 2.05) is 24.3 Å². The summed E-state index contributed by atoms with van der Waals surface area (Å²) in [5.74, 6) is 1.19. The van der Waals surface area contributed by atoms with Gasteiger partial charge in [0.25, 0.3) is 5.91 Å². The van der Waals surface area contributed by atoms with Gasteiger partial charge in [-0.2, -0.15) is 0 Å². The summed E-state index contributed by atoms with van der Waals surface area (Å²) in [6.07, 6.45) is 4.19. The SMILES string of the molecule is CC(Oc1ccccc1Br)C(=O)NC1CCCCC1CN(C)C. The zero-order chi connectivity index (χ0) is 16.8. The molecule has 1 aromatic rings. The van der Waals surface area contributed by atoms with E-state index in [9.17, 15) is 4.79 Å². The highest BCUT2D eigenvalue weighted by molar-refractivity contribution is 9.10. The van der Waals surface area contributed by atoms with Gasteiger partial charge < -0.3 is 15.0 Å². The number of nitrogens with zero attached hydrogens (tertiary/aromatic N) is 1. The molecule has 1 N–H and O–H groups in total. The smallest absolute Gasteiger partial charge is 0.261 e. The second kappa shape index (κ2) is 8.69. The minimum absolute atomic E-state index is 0.0311. The summed E-state index contributed by atoms with van der Waals surface area (Å²) in [7, 11) is 4.18. The van der Waals surface area contributed by atoms with Crippen molar-refractivity contribution in [3.63, 3.8) is 0 Å². The number of hydrogen-bond donors (Lipinski definition) is 1. The number of carbonyl (C=O) groups excluding carboxylic acids is 1. The van der Waals surface area contributed by atoms with Crippen LogP contribution in [0.3, 0.4) is 0 Å². The summed E-state index contributed by atoms with van der Waals surface area (Å²) in [5.41, 5.74) is 0. The highest BCUT2D eigenvalue weighted by Crippen LogP contribution is 2.26. The van der Waals surface area contributed by atoms with Gasteiger partial charge in [0.1, 0.15) is 5.75 Å². The molecule has 23 heavy (non-hydrogen) atoms. The van der Waals surface area contributed by atoms with Gasteiger partial charge in [0.2, 0.25) is 0 Å². The van der Waals surface area contributed by atoms with E-state index >= 15 is 0 Å². The topological polar surface area (TPSA) is 41.6 Å². The molecule has 0 radical (unpaired) electrons. The van der Waals surface area contributed by atoms with Crippen LogP contribution in [0.4, 0.5) is 0 Å². The molecule has 0 aromatic heterocycles. The van der Waals surface area contributed by atoms with Gasteiger partial charge in [-0.05, 0) is 67.8 Å². The van der Waals surface area contributed by atoms with Crippen molar-refractivity contribution in [2.24, 2.45) is 5.92 Å². The molecule has 5 heteroatoms. The second-order valence-electron chi connectivity index (χ2n) is 6.61. The lowest BCUT2D eigenvalue weighted by Crippen LogP contribution is -2.49. The Labute approximate surface area is 147 Å². The van der Waals surface area contributed by atoms with Gasteiger partial charge in [-0.1, -0.05) is 25.0 Å². The molecule has 1 aromatic carbocycles. The Morgan fingerprint density at radius 1 is 1.35 bits per heavy atom. The highest BCUT2D eigenvalue weighted by atomic mass is 79.9. The largest absolute Gasteiger partial charge is 0.480 e. The predicted octanol–water partition coefficient (Wildman–Crippen LogP) is 3.45. The first-order valence-electron chi connectivity index (χ1n) is 8.33. The Balaban J connectivity index is 1.92. The molecule has 4 nitrogen and oxygen atoms in total. The van der Waals surface area contributed by atoms with E-state index in [-0.39, 0.29) is 11.9 Å². The van der Waals surface area contributed by atoms with Gasteiger partial charge in [0.15, 0.2) is 6.10 Å². The van der Waals surface area contributed by atoms with Gasteiger partial charge in [-0.25, -0.2) is 0 Å². The summed E-state index contributed by atoms with van der Waals surface area (Å²) in [4.78, 5) is 14.7. The molecule has 128 valence electrons. The van der Waals surface area contributed by atoms with Gasteiger partial charge in [0, 0.05) is 12.6 Å². The first-order valence-corrected chi connectivity index (χ1v) is 9.13. The van der Waals surface area contributed by atoms with Crippen molar-refractivity contribution >= 4 is 21.8 Å². The van der Waals surface area contributed by atoms with Crippen LogP contribution in [0.25, 0.3) is 0 Å². The Hall–Kier alpha value is -1.07. The van der Waals surface area contributed by atoms with E-state index in [4.69, 9.17) is 4.74 Å². The molecule has 0 saturated heterocycles. The van der Waals surface area contributed by atoms with Gasteiger partial charge >= 0.3 is 0 Å². The number of halogens is 1. The lowest BCUT2D eigenvalue weighted by molar-refractivity contribution is -0.128. The van der Waals surface area contributed by atoms with Gasteiger partial charge in [-0.15, -0.1) is 0 Å². The number of amides is 1. The molecule has 0 bridgehead atoms. The summed E-state index contributed by atoms with van der Waals surface area (Å²) in [6.45, 7) is 2.82. The number of nitrogens with one attached hydrogen (secondary N) is 1. The number of carbonyl (C=O) groups is 1. The van der Waals surface area contributed by atoms with Crippen LogP contribution in [0, 0.1) is 5.92 Å². The second-order valence-corrected chi connectivity index (χ2v) is 7.47. The molecular formula is C18H27BrN2O2. The maximum Gasteiger partial charge on any atom is 0.261 e. The number of hydrogen-bond acceptors (Lipinski definition) is 3. The lowest BCUT2D eigenvalue weighted by atomic mass is 9.84. The number of ether oxygens (including phenoxy) is 1. The van der Waals surface area contributed by atoms with Crippen molar-refractivity contribution in [3.8, 4) is 5.75 Å². The lowest BCUT2D eigenvalue weighted by Gasteiger charge is -2.34. The van der Waals surface area contributed by atoms with Crippen LogP contribution < -0.4 is 10.1 Å². The van der Waals surface area contributed by atoms with Crippen LogP contribution in [-0.4, -0.2) is 43.6 Å². The first-order chi connectivity index (χ1) is 11.0. The van der Waals surface area contributed by atoms with Crippen molar-refractivity contribution in [2.45, 2.75) is 44.8 Å². The van der Waals surface area contributed by atoms with Crippen LogP contribution in [0.2, 0.25) is 0 Å². The number of benzene rings is 1.